The molecule has 12 heteroatoms. The number of hydrogen-bond donors (Lipinski definition) is 3. The van der Waals surface area contributed by atoms with Crippen molar-refractivity contribution in [1.82, 2.24) is 0 Å². The Balaban J connectivity index is 4.40. The summed E-state index contributed by atoms with van der Waals surface area (Å²) in [5, 5.41) is 8.89. The van der Waals surface area contributed by atoms with Crippen LogP contribution < -0.4 is 5.73 Å². The van der Waals surface area contributed by atoms with Crippen molar-refractivity contribution in [2.24, 2.45) is 5.73 Å². The monoisotopic (exact) mass is 826 g/mol. The number of aliphatic carboxylic acids is 1. The van der Waals surface area contributed by atoms with Gasteiger partial charge in [0.25, 0.3) is 0 Å². The van der Waals surface area contributed by atoms with E-state index in [0.717, 1.165) is 57.8 Å². The second-order valence-corrected chi connectivity index (χ2v) is 16.3. The van der Waals surface area contributed by atoms with Crippen LogP contribution in [0.2, 0.25) is 0 Å². The molecule has 0 heterocycles. The fourth-order valence-electron chi connectivity index (χ4n) is 5.81. The lowest BCUT2D eigenvalue weighted by Gasteiger charge is -2.20. The van der Waals surface area contributed by atoms with Crippen molar-refractivity contribution in [3.8, 4) is 0 Å². The van der Waals surface area contributed by atoms with E-state index in [1.165, 1.54) is 89.9 Å². The molecule has 0 bridgehead atoms. The van der Waals surface area contributed by atoms with Crippen molar-refractivity contribution in [3.05, 3.63) is 48.6 Å². The van der Waals surface area contributed by atoms with Crippen LogP contribution in [0.15, 0.2) is 48.6 Å². The number of carboxylic acid groups (broad SMARTS) is 1. The van der Waals surface area contributed by atoms with E-state index in [9.17, 15) is 23.8 Å². The summed E-state index contributed by atoms with van der Waals surface area (Å²) in [5.41, 5.74) is 5.33. The molecule has 0 fully saturated rings. The number of esters is 2. The SMILES string of the molecule is CCCCC/C=C/C/C=C/C/C=C/C/C=C/CCCCCC(=O)OC[C@@H](COP(=O)(O)OC[C@@H](N)C(=O)O)OC(=O)CCCCCCCCCCCCCCCC. The standard InChI is InChI=1S/C45H80NO10P/c1-3-5-7-9-11-13-15-17-19-20-21-22-23-25-26-28-30-32-34-36-43(47)53-38-41(39-54-57(51,52)55-40-42(46)45(49)50)56-44(48)37-35-33-31-29-27-24-18-16-14-12-10-8-6-4-2/h11,13,17,19,21-22,25-26,41-42H,3-10,12,14-16,18,20,23-24,27-40,46H2,1-2H3,(H,49,50)(H,51,52)/b13-11+,19-17+,22-21+,26-25+/t41-,42+/m0/s1. The van der Waals surface area contributed by atoms with E-state index in [4.69, 9.17) is 24.8 Å². The number of phosphoric acid groups is 1. The largest absolute Gasteiger partial charge is 0.480 e. The predicted molar refractivity (Wildman–Crippen MR) is 231 cm³/mol. The Kier molecular flexibility index (Phi) is 38.4. The lowest BCUT2D eigenvalue weighted by molar-refractivity contribution is -0.161. The number of nitrogens with two attached hydrogens (primary N) is 1. The van der Waals surface area contributed by atoms with Crippen LogP contribution in [0, 0.1) is 0 Å². The zero-order valence-corrected chi connectivity index (χ0v) is 36.6. The lowest BCUT2D eigenvalue weighted by atomic mass is 10.0. The number of carbonyl (C=O) groups is 3. The normalized spacial score (nSPS) is 14.2. The number of carboxylic acids is 1. The molecule has 3 atom stereocenters. The molecular weight excluding hydrogens is 745 g/mol. The fourth-order valence-corrected chi connectivity index (χ4v) is 6.59. The number of ether oxygens (including phenoxy) is 2. The topological polar surface area (TPSA) is 172 Å². The van der Waals surface area contributed by atoms with Gasteiger partial charge in [0.15, 0.2) is 6.10 Å². The molecule has 0 amide bonds. The van der Waals surface area contributed by atoms with E-state index in [2.05, 4.69) is 67.0 Å². The molecule has 0 aromatic heterocycles. The third kappa shape index (κ3) is 40.0. The van der Waals surface area contributed by atoms with Crippen LogP contribution in [0.1, 0.15) is 187 Å². The van der Waals surface area contributed by atoms with E-state index in [1.807, 2.05) is 0 Å². The van der Waals surface area contributed by atoms with Crippen LogP contribution in [0.25, 0.3) is 0 Å². The summed E-state index contributed by atoms with van der Waals surface area (Å²) in [5.74, 6) is -2.42. The molecule has 11 nitrogen and oxygen atoms in total. The minimum Gasteiger partial charge on any atom is -0.480 e. The summed E-state index contributed by atoms with van der Waals surface area (Å²) in [6, 6.07) is -1.53. The molecule has 0 aromatic carbocycles. The van der Waals surface area contributed by atoms with Gasteiger partial charge in [-0.25, -0.2) is 4.57 Å². The maximum absolute atomic E-state index is 12.6. The molecule has 330 valence electrons. The summed E-state index contributed by atoms with van der Waals surface area (Å²) in [7, 11) is -4.72. The van der Waals surface area contributed by atoms with Crippen LogP contribution in [-0.4, -0.2) is 59.9 Å². The molecule has 57 heavy (non-hydrogen) atoms. The van der Waals surface area contributed by atoms with E-state index >= 15 is 0 Å². The smallest absolute Gasteiger partial charge is 0.472 e. The van der Waals surface area contributed by atoms with E-state index < -0.39 is 51.1 Å². The molecule has 0 spiro atoms. The van der Waals surface area contributed by atoms with Crippen LogP contribution >= 0.6 is 7.82 Å². The van der Waals surface area contributed by atoms with Gasteiger partial charge in [-0.15, -0.1) is 0 Å². The Labute approximate surface area is 345 Å². The molecule has 0 aliphatic rings. The van der Waals surface area contributed by atoms with Gasteiger partial charge in [-0.2, -0.15) is 0 Å². The summed E-state index contributed by atoms with van der Waals surface area (Å²) in [6.45, 7) is 2.74. The Morgan fingerprint density at radius 2 is 0.930 bits per heavy atom. The van der Waals surface area contributed by atoms with Crippen molar-refractivity contribution in [3.63, 3.8) is 0 Å². The number of unbranched alkanes of at least 4 members (excludes halogenated alkanes) is 19. The Morgan fingerprint density at radius 1 is 0.544 bits per heavy atom. The van der Waals surface area contributed by atoms with Crippen molar-refractivity contribution < 1.29 is 47.5 Å². The Hall–Kier alpha value is -2.56. The molecule has 0 aliphatic heterocycles. The lowest BCUT2D eigenvalue weighted by Crippen LogP contribution is -2.34. The van der Waals surface area contributed by atoms with Crippen LogP contribution in [0.3, 0.4) is 0 Å². The first-order chi connectivity index (χ1) is 27.6. The number of phosphoric ester groups is 1. The number of hydrogen-bond acceptors (Lipinski definition) is 9. The number of carbonyl (C=O) groups excluding carboxylic acids is 2. The van der Waals surface area contributed by atoms with E-state index in [0.29, 0.717) is 12.8 Å². The maximum Gasteiger partial charge on any atom is 0.472 e. The zero-order valence-electron chi connectivity index (χ0n) is 35.7. The van der Waals surface area contributed by atoms with Crippen molar-refractivity contribution >= 4 is 25.7 Å². The van der Waals surface area contributed by atoms with Gasteiger partial charge >= 0.3 is 25.7 Å². The average Bonchev–Trinajstić information content (AvgIpc) is 3.19. The highest BCUT2D eigenvalue weighted by atomic mass is 31.2. The molecule has 0 saturated carbocycles. The van der Waals surface area contributed by atoms with E-state index in [-0.39, 0.29) is 19.4 Å². The number of allylic oxidation sites excluding steroid dienone is 8. The first-order valence-corrected chi connectivity index (χ1v) is 23.7. The molecule has 0 rings (SSSR count). The second-order valence-electron chi connectivity index (χ2n) is 14.8. The average molecular weight is 826 g/mol. The van der Waals surface area contributed by atoms with Gasteiger partial charge in [0.2, 0.25) is 0 Å². The van der Waals surface area contributed by atoms with Gasteiger partial charge in [-0.3, -0.25) is 23.4 Å². The van der Waals surface area contributed by atoms with Crippen molar-refractivity contribution in [1.29, 1.82) is 0 Å². The highest BCUT2D eigenvalue weighted by Crippen LogP contribution is 2.43. The van der Waals surface area contributed by atoms with Gasteiger partial charge in [0.1, 0.15) is 12.6 Å². The third-order valence-corrected chi connectivity index (χ3v) is 10.3. The Morgan fingerprint density at radius 3 is 1.42 bits per heavy atom. The molecule has 1 unspecified atom stereocenters. The quantitative estimate of drug-likeness (QED) is 0.0232. The zero-order chi connectivity index (χ0) is 42.1. The summed E-state index contributed by atoms with van der Waals surface area (Å²) in [4.78, 5) is 45.9. The van der Waals surface area contributed by atoms with Gasteiger partial charge in [-0.1, -0.05) is 165 Å². The highest BCUT2D eigenvalue weighted by molar-refractivity contribution is 7.47. The molecule has 0 aliphatic carbocycles. The molecule has 0 saturated heterocycles. The van der Waals surface area contributed by atoms with Gasteiger partial charge < -0.3 is 25.2 Å². The molecular formula is C45H80NO10P. The summed E-state index contributed by atoms with van der Waals surface area (Å²) >= 11 is 0. The van der Waals surface area contributed by atoms with Crippen LogP contribution in [0.4, 0.5) is 0 Å². The van der Waals surface area contributed by atoms with Gasteiger partial charge in [0, 0.05) is 12.8 Å². The van der Waals surface area contributed by atoms with E-state index in [1.54, 1.807) is 0 Å². The minimum atomic E-state index is -4.72. The van der Waals surface area contributed by atoms with Gasteiger partial charge in [0.05, 0.1) is 13.2 Å². The predicted octanol–water partition coefficient (Wildman–Crippen LogP) is 11.8. The molecule has 4 N–H and O–H groups in total. The van der Waals surface area contributed by atoms with Crippen LogP contribution in [0.5, 0.6) is 0 Å². The number of rotatable bonds is 41. The van der Waals surface area contributed by atoms with Gasteiger partial charge in [-0.05, 0) is 57.8 Å². The second kappa shape index (κ2) is 40.2. The summed E-state index contributed by atoms with van der Waals surface area (Å²) in [6.07, 6.45) is 44.6. The fraction of sp³-hybridized carbons (Fsp3) is 0.756. The first-order valence-electron chi connectivity index (χ1n) is 22.2. The minimum absolute atomic E-state index is 0.155. The molecule has 0 radical (unpaired) electrons. The summed E-state index contributed by atoms with van der Waals surface area (Å²) < 4.78 is 32.7. The van der Waals surface area contributed by atoms with Crippen LogP contribution in [-0.2, 0) is 37.5 Å². The molecule has 0 aromatic rings. The highest BCUT2D eigenvalue weighted by Gasteiger charge is 2.28. The first kappa shape index (κ1) is 54.4. The Bertz CT molecular complexity index is 1150. The maximum atomic E-state index is 12.6. The van der Waals surface area contributed by atoms with Crippen molar-refractivity contribution in [2.75, 3.05) is 19.8 Å². The van der Waals surface area contributed by atoms with Crippen molar-refractivity contribution in [2.45, 2.75) is 199 Å². The third-order valence-electron chi connectivity index (χ3n) is 9.33.